The van der Waals surface area contributed by atoms with Gasteiger partial charge in [-0.3, -0.25) is 19.3 Å². The van der Waals surface area contributed by atoms with Crippen molar-refractivity contribution >= 4 is 28.6 Å². The first-order valence-corrected chi connectivity index (χ1v) is 9.46. The molecule has 148 valence electrons. The van der Waals surface area contributed by atoms with Crippen molar-refractivity contribution in [1.82, 2.24) is 15.2 Å². The third-order valence-corrected chi connectivity index (χ3v) is 5.16. The maximum Gasteiger partial charge on any atom is 0.261 e. The van der Waals surface area contributed by atoms with E-state index in [1.54, 1.807) is 6.92 Å². The van der Waals surface area contributed by atoms with E-state index in [-0.39, 0.29) is 30.2 Å². The summed E-state index contributed by atoms with van der Waals surface area (Å²) in [7, 11) is 0. The van der Waals surface area contributed by atoms with Gasteiger partial charge in [0.05, 0.1) is 17.7 Å². The predicted molar refractivity (Wildman–Crippen MR) is 108 cm³/mol. The Morgan fingerprint density at radius 3 is 2.69 bits per heavy atom. The molecule has 1 atom stereocenters. The molecule has 4 rings (SSSR count). The smallest absolute Gasteiger partial charge is 0.261 e. The summed E-state index contributed by atoms with van der Waals surface area (Å²) in [6.07, 6.45) is 2.43. The van der Waals surface area contributed by atoms with Gasteiger partial charge in [0.1, 0.15) is 0 Å². The number of aliphatic hydroxyl groups excluding tert-OH is 1. The van der Waals surface area contributed by atoms with Crippen LogP contribution >= 0.6 is 0 Å². The maximum atomic E-state index is 12.8. The average Bonchev–Trinajstić information content (AvgIpc) is 3.25. The Morgan fingerprint density at radius 1 is 1.14 bits per heavy atom. The van der Waals surface area contributed by atoms with Gasteiger partial charge in [-0.2, -0.15) is 0 Å². The van der Waals surface area contributed by atoms with Gasteiger partial charge in [0.2, 0.25) is 0 Å². The summed E-state index contributed by atoms with van der Waals surface area (Å²) in [5.74, 6) is -1.14. The minimum atomic E-state index is -0.402. The van der Waals surface area contributed by atoms with Gasteiger partial charge in [0.25, 0.3) is 17.7 Å². The van der Waals surface area contributed by atoms with Crippen LogP contribution in [0.2, 0.25) is 0 Å². The molecule has 0 aliphatic carbocycles. The first-order valence-electron chi connectivity index (χ1n) is 9.46. The molecule has 7 heteroatoms. The Hall–Kier alpha value is -3.45. The second-order valence-electron chi connectivity index (χ2n) is 7.19. The highest BCUT2D eigenvalue weighted by Gasteiger charge is 2.35. The van der Waals surface area contributed by atoms with Gasteiger partial charge >= 0.3 is 0 Å². The van der Waals surface area contributed by atoms with Gasteiger partial charge in [-0.15, -0.1) is 0 Å². The number of carbonyl (C=O) groups is 3. The fourth-order valence-corrected chi connectivity index (χ4v) is 3.56. The van der Waals surface area contributed by atoms with Crippen molar-refractivity contribution in [3.63, 3.8) is 0 Å². The normalized spacial score (nSPS) is 14.3. The molecule has 29 heavy (non-hydrogen) atoms. The molecular formula is C22H21N3O4. The standard InChI is InChI=1S/C22H21N3O4/c1-13(12-26)24-20(27)14-6-7-17-18(10-14)22(29)25(21(17)28)9-8-15-11-23-19-5-3-2-4-16(15)19/h2-7,10-11,13,23,26H,8-9,12H2,1H3,(H,24,27). The number of nitrogens with one attached hydrogen (secondary N) is 2. The number of rotatable bonds is 6. The van der Waals surface area contributed by atoms with E-state index in [2.05, 4.69) is 10.3 Å². The number of hydrogen-bond donors (Lipinski definition) is 3. The minimum absolute atomic E-state index is 0.185. The molecule has 0 saturated heterocycles. The van der Waals surface area contributed by atoms with Crippen LogP contribution < -0.4 is 5.32 Å². The number of nitrogens with zero attached hydrogens (tertiary/aromatic N) is 1. The molecule has 3 N–H and O–H groups in total. The predicted octanol–water partition coefficient (Wildman–Crippen LogP) is 2.12. The first kappa shape index (κ1) is 18.9. The first-order chi connectivity index (χ1) is 14.0. The Balaban J connectivity index is 1.52. The molecule has 3 amide bonds. The number of aliphatic hydroxyl groups is 1. The minimum Gasteiger partial charge on any atom is -0.394 e. The number of aromatic amines is 1. The monoisotopic (exact) mass is 391 g/mol. The Kier molecular flexibility index (Phi) is 4.90. The van der Waals surface area contributed by atoms with Crippen molar-refractivity contribution in [2.45, 2.75) is 19.4 Å². The van der Waals surface area contributed by atoms with Crippen LogP contribution in [-0.4, -0.2) is 51.9 Å². The Morgan fingerprint density at radius 2 is 1.90 bits per heavy atom. The third-order valence-electron chi connectivity index (χ3n) is 5.16. The van der Waals surface area contributed by atoms with E-state index in [1.807, 2.05) is 30.5 Å². The summed E-state index contributed by atoms with van der Waals surface area (Å²) in [6.45, 7) is 1.75. The molecule has 0 spiro atoms. The lowest BCUT2D eigenvalue weighted by Gasteiger charge is -2.13. The molecule has 2 heterocycles. The number of hydrogen-bond acceptors (Lipinski definition) is 4. The van der Waals surface area contributed by atoms with E-state index in [1.165, 1.54) is 23.1 Å². The summed E-state index contributed by atoms with van der Waals surface area (Å²) in [6, 6.07) is 12.0. The number of amides is 3. The van der Waals surface area contributed by atoms with Crippen molar-refractivity contribution < 1.29 is 19.5 Å². The van der Waals surface area contributed by atoms with Crippen molar-refractivity contribution in [3.05, 3.63) is 70.9 Å². The number of carbonyl (C=O) groups excluding carboxylic acids is 3. The Labute approximate surface area is 167 Å². The van der Waals surface area contributed by atoms with Crippen LogP contribution in [0, 0.1) is 0 Å². The van der Waals surface area contributed by atoms with Crippen molar-refractivity contribution in [3.8, 4) is 0 Å². The van der Waals surface area contributed by atoms with Gasteiger partial charge in [0, 0.05) is 35.2 Å². The molecule has 1 aromatic heterocycles. The second-order valence-corrected chi connectivity index (χ2v) is 7.19. The van der Waals surface area contributed by atoms with Crippen LogP contribution in [0.15, 0.2) is 48.7 Å². The van der Waals surface area contributed by atoms with Crippen LogP contribution in [0.1, 0.15) is 43.6 Å². The van der Waals surface area contributed by atoms with Crippen molar-refractivity contribution in [1.29, 1.82) is 0 Å². The van der Waals surface area contributed by atoms with Gasteiger partial charge in [-0.05, 0) is 43.2 Å². The summed E-state index contributed by atoms with van der Waals surface area (Å²) >= 11 is 0. The van der Waals surface area contributed by atoms with Crippen molar-refractivity contribution in [2.75, 3.05) is 13.2 Å². The lowest BCUT2D eigenvalue weighted by atomic mass is 10.1. The average molecular weight is 391 g/mol. The number of H-pyrrole nitrogens is 1. The number of benzene rings is 2. The zero-order chi connectivity index (χ0) is 20.5. The molecule has 1 aliphatic heterocycles. The highest BCUT2D eigenvalue weighted by molar-refractivity contribution is 6.22. The van der Waals surface area contributed by atoms with E-state index in [0.29, 0.717) is 12.0 Å². The van der Waals surface area contributed by atoms with Crippen LogP contribution in [-0.2, 0) is 6.42 Å². The Bertz CT molecular complexity index is 1120. The number of imide groups is 1. The van der Waals surface area contributed by atoms with Crippen LogP contribution in [0.4, 0.5) is 0 Å². The van der Waals surface area contributed by atoms with Crippen molar-refractivity contribution in [2.24, 2.45) is 0 Å². The number of para-hydroxylation sites is 1. The maximum absolute atomic E-state index is 12.8. The quantitative estimate of drug-likeness (QED) is 0.560. The van der Waals surface area contributed by atoms with E-state index in [4.69, 9.17) is 5.11 Å². The van der Waals surface area contributed by atoms with Gasteiger partial charge in [-0.1, -0.05) is 18.2 Å². The summed E-state index contributed by atoms with van der Waals surface area (Å²) in [5, 5.41) is 12.8. The fourth-order valence-electron chi connectivity index (χ4n) is 3.56. The zero-order valence-corrected chi connectivity index (χ0v) is 15.9. The van der Waals surface area contributed by atoms with E-state index >= 15 is 0 Å². The van der Waals surface area contributed by atoms with E-state index in [9.17, 15) is 14.4 Å². The van der Waals surface area contributed by atoms with Crippen LogP contribution in [0.5, 0.6) is 0 Å². The molecule has 0 bridgehead atoms. The third kappa shape index (κ3) is 3.40. The molecule has 0 saturated carbocycles. The number of aromatic nitrogens is 1. The van der Waals surface area contributed by atoms with Gasteiger partial charge < -0.3 is 15.4 Å². The highest BCUT2D eigenvalue weighted by atomic mass is 16.3. The van der Waals surface area contributed by atoms with Crippen LogP contribution in [0.3, 0.4) is 0 Å². The summed E-state index contributed by atoms with van der Waals surface area (Å²) in [4.78, 5) is 42.2. The SMILES string of the molecule is CC(CO)NC(=O)c1ccc2c(c1)C(=O)N(CCc1c[nH]c3ccccc13)C2=O. The lowest BCUT2D eigenvalue weighted by molar-refractivity contribution is 0.0656. The molecule has 3 aromatic rings. The van der Waals surface area contributed by atoms with Crippen LogP contribution in [0.25, 0.3) is 10.9 Å². The molecule has 0 radical (unpaired) electrons. The zero-order valence-electron chi connectivity index (χ0n) is 15.9. The molecule has 0 fully saturated rings. The van der Waals surface area contributed by atoms with E-state index < -0.39 is 17.9 Å². The fraction of sp³-hybridized carbons (Fsp3) is 0.227. The second kappa shape index (κ2) is 7.52. The largest absolute Gasteiger partial charge is 0.394 e. The molecule has 1 aliphatic rings. The van der Waals surface area contributed by atoms with E-state index in [0.717, 1.165) is 16.5 Å². The summed E-state index contributed by atoms with van der Waals surface area (Å²) in [5.41, 5.74) is 2.87. The highest BCUT2D eigenvalue weighted by Crippen LogP contribution is 2.25. The number of fused-ring (bicyclic) bond motifs is 2. The topological polar surface area (TPSA) is 102 Å². The summed E-state index contributed by atoms with van der Waals surface area (Å²) < 4.78 is 0. The molecular weight excluding hydrogens is 370 g/mol. The molecule has 2 aromatic carbocycles. The van der Waals surface area contributed by atoms with Gasteiger partial charge in [-0.25, -0.2) is 0 Å². The lowest BCUT2D eigenvalue weighted by Crippen LogP contribution is -2.35. The molecule has 7 nitrogen and oxygen atoms in total. The van der Waals surface area contributed by atoms with Gasteiger partial charge in [0.15, 0.2) is 0 Å². The molecule has 1 unspecified atom stereocenters.